The lowest BCUT2D eigenvalue weighted by molar-refractivity contribution is 0.938. The molecule has 0 bridgehead atoms. The summed E-state index contributed by atoms with van der Waals surface area (Å²) >= 11 is 0. The maximum Gasteiger partial charge on any atom is 0.126 e. The molecular formula is C4H5N3. The summed E-state index contributed by atoms with van der Waals surface area (Å²) in [5, 5.41) is 11.2. The summed E-state index contributed by atoms with van der Waals surface area (Å²) in [7, 11) is 0. The van der Waals surface area contributed by atoms with Gasteiger partial charge in [-0.15, -0.1) is 0 Å². The Morgan fingerprint density at radius 3 is 2.57 bits per heavy atom. The Bertz CT molecular complexity index is 119. The molecule has 0 atom stereocenters. The van der Waals surface area contributed by atoms with Crippen LogP contribution in [0, 0.1) is 11.3 Å². The van der Waals surface area contributed by atoms with E-state index in [1.54, 1.807) is 6.07 Å². The van der Waals surface area contributed by atoms with Crippen LogP contribution in [0.2, 0.25) is 0 Å². The molecule has 0 saturated carbocycles. The zero-order valence-corrected chi connectivity index (χ0v) is 3.81. The molecule has 0 spiro atoms. The van der Waals surface area contributed by atoms with Crippen molar-refractivity contribution in [1.82, 2.24) is 5.43 Å². The first-order valence-electron chi connectivity index (χ1n) is 1.62. The van der Waals surface area contributed by atoms with Crippen LogP contribution in [0.25, 0.3) is 0 Å². The average molecular weight is 95.1 g/mol. The minimum atomic E-state index is 0.204. The Balaban J connectivity index is 3.43. The van der Waals surface area contributed by atoms with Crippen LogP contribution in [-0.4, -0.2) is 6.72 Å². The van der Waals surface area contributed by atoms with E-state index in [-0.39, 0.29) is 5.70 Å². The largest absolute Gasteiger partial charge is 0.269 e. The van der Waals surface area contributed by atoms with Gasteiger partial charge in [-0.25, -0.2) is 0 Å². The van der Waals surface area contributed by atoms with E-state index < -0.39 is 0 Å². The van der Waals surface area contributed by atoms with E-state index in [9.17, 15) is 0 Å². The monoisotopic (exact) mass is 95.0 g/mol. The van der Waals surface area contributed by atoms with Gasteiger partial charge in [0.15, 0.2) is 0 Å². The van der Waals surface area contributed by atoms with Crippen LogP contribution in [-0.2, 0) is 0 Å². The molecule has 3 heteroatoms. The Morgan fingerprint density at radius 2 is 2.43 bits per heavy atom. The predicted molar refractivity (Wildman–Crippen MR) is 27.4 cm³/mol. The maximum absolute atomic E-state index is 7.97. The van der Waals surface area contributed by atoms with Gasteiger partial charge in [0.2, 0.25) is 0 Å². The summed E-state index contributed by atoms with van der Waals surface area (Å²) in [6.45, 7) is 6.33. The molecule has 0 saturated heterocycles. The number of nitrogens with zero attached hydrogens (tertiary/aromatic N) is 2. The molecule has 7 heavy (non-hydrogen) atoms. The Kier molecular flexibility index (Phi) is 2.37. The van der Waals surface area contributed by atoms with Gasteiger partial charge < -0.3 is 0 Å². The summed E-state index contributed by atoms with van der Waals surface area (Å²) in [6.07, 6.45) is 0. The molecule has 3 nitrogen and oxygen atoms in total. The number of rotatable bonds is 2. The zero-order valence-electron chi connectivity index (χ0n) is 3.81. The second-order valence-corrected chi connectivity index (χ2v) is 0.860. The van der Waals surface area contributed by atoms with Crippen LogP contribution >= 0.6 is 0 Å². The molecule has 1 N–H and O–H groups in total. The van der Waals surface area contributed by atoms with Gasteiger partial charge in [-0.2, -0.15) is 10.4 Å². The summed E-state index contributed by atoms with van der Waals surface area (Å²) in [6, 6.07) is 1.73. The Hall–Kier alpha value is -1.30. The van der Waals surface area contributed by atoms with E-state index in [2.05, 4.69) is 23.8 Å². The van der Waals surface area contributed by atoms with E-state index in [1.807, 2.05) is 0 Å². The number of nitriles is 1. The fourth-order valence-corrected chi connectivity index (χ4v) is 0.120. The molecule has 0 aromatic carbocycles. The minimum absolute atomic E-state index is 0.204. The first kappa shape index (κ1) is 5.70. The molecule has 0 aliphatic rings. The van der Waals surface area contributed by atoms with Crippen LogP contribution < -0.4 is 5.43 Å². The molecule has 0 radical (unpaired) electrons. The van der Waals surface area contributed by atoms with E-state index in [1.165, 1.54) is 0 Å². The van der Waals surface area contributed by atoms with E-state index in [0.717, 1.165) is 0 Å². The highest BCUT2D eigenvalue weighted by atomic mass is 15.3. The lowest BCUT2D eigenvalue weighted by Crippen LogP contribution is -1.98. The molecule has 0 aliphatic heterocycles. The van der Waals surface area contributed by atoms with Crippen molar-refractivity contribution in [3.05, 3.63) is 12.3 Å². The SMILES string of the molecule is C=NNC(=C)C#N. The van der Waals surface area contributed by atoms with E-state index in [0.29, 0.717) is 0 Å². The van der Waals surface area contributed by atoms with E-state index >= 15 is 0 Å². The summed E-state index contributed by atoms with van der Waals surface area (Å²) < 4.78 is 0. The van der Waals surface area contributed by atoms with Crippen molar-refractivity contribution in [3.63, 3.8) is 0 Å². The maximum atomic E-state index is 7.97. The third kappa shape index (κ3) is 2.50. The fourth-order valence-electron chi connectivity index (χ4n) is 0.120. The van der Waals surface area contributed by atoms with Crippen molar-refractivity contribution in [3.8, 4) is 6.07 Å². The van der Waals surface area contributed by atoms with Gasteiger partial charge in [0, 0.05) is 6.72 Å². The van der Waals surface area contributed by atoms with E-state index in [4.69, 9.17) is 5.26 Å². The second kappa shape index (κ2) is 2.91. The van der Waals surface area contributed by atoms with Crippen LogP contribution in [0.5, 0.6) is 0 Å². The Morgan fingerprint density at radius 1 is 1.86 bits per heavy atom. The fraction of sp³-hybridized carbons (Fsp3) is 0. The second-order valence-electron chi connectivity index (χ2n) is 0.860. The molecular weight excluding hydrogens is 90.1 g/mol. The topological polar surface area (TPSA) is 48.2 Å². The molecule has 0 aliphatic carbocycles. The van der Waals surface area contributed by atoms with Crippen molar-refractivity contribution in [2.45, 2.75) is 0 Å². The zero-order chi connectivity index (χ0) is 5.70. The van der Waals surface area contributed by atoms with Crippen LogP contribution in [0.3, 0.4) is 0 Å². The first-order valence-corrected chi connectivity index (χ1v) is 1.62. The number of hydrogen-bond donors (Lipinski definition) is 1. The lowest BCUT2D eigenvalue weighted by Gasteiger charge is -1.86. The van der Waals surface area contributed by atoms with Crippen molar-refractivity contribution in [1.29, 1.82) is 5.26 Å². The molecule has 0 fully saturated rings. The quantitative estimate of drug-likeness (QED) is 0.303. The van der Waals surface area contributed by atoms with Crippen molar-refractivity contribution < 1.29 is 0 Å². The van der Waals surface area contributed by atoms with Gasteiger partial charge in [-0.05, 0) is 0 Å². The number of nitrogens with one attached hydrogen (secondary N) is 1. The van der Waals surface area contributed by atoms with Gasteiger partial charge in [0.1, 0.15) is 11.8 Å². The number of hydrogen-bond acceptors (Lipinski definition) is 3. The third-order valence-electron chi connectivity index (χ3n) is 0.349. The highest BCUT2D eigenvalue weighted by molar-refractivity contribution is 5.24. The van der Waals surface area contributed by atoms with Gasteiger partial charge in [0.25, 0.3) is 0 Å². The van der Waals surface area contributed by atoms with Gasteiger partial charge in [0.05, 0.1) is 0 Å². The summed E-state index contributed by atoms with van der Waals surface area (Å²) in [5.41, 5.74) is 2.46. The Labute approximate surface area is 42.0 Å². The third-order valence-corrected chi connectivity index (χ3v) is 0.349. The molecule has 36 valence electrons. The van der Waals surface area contributed by atoms with Crippen LogP contribution in [0.15, 0.2) is 17.4 Å². The van der Waals surface area contributed by atoms with Crippen molar-refractivity contribution in [2.24, 2.45) is 5.10 Å². The molecule has 0 aromatic rings. The lowest BCUT2D eigenvalue weighted by atomic mass is 10.6. The molecule has 0 heterocycles. The summed E-state index contributed by atoms with van der Waals surface area (Å²) in [4.78, 5) is 0. The summed E-state index contributed by atoms with van der Waals surface area (Å²) in [5.74, 6) is 0. The van der Waals surface area contributed by atoms with Gasteiger partial charge in [-0.1, -0.05) is 6.58 Å². The van der Waals surface area contributed by atoms with Crippen molar-refractivity contribution in [2.75, 3.05) is 0 Å². The van der Waals surface area contributed by atoms with Gasteiger partial charge in [-0.3, -0.25) is 5.43 Å². The highest BCUT2D eigenvalue weighted by Crippen LogP contribution is 1.73. The molecule has 0 aromatic heterocycles. The molecule has 0 amide bonds. The number of hydrazone groups is 1. The van der Waals surface area contributed by atoms with Gasteiger partial charge >= 0.3 is 0 Å². The smallest absolute Gasteiger partial charge is 0.126 e. The predicted octanol–water partition coefficient (Wildman–Crippen LogP) is 0.229. The first-order chi connectivity index (χ1) is 3.31. The highest BCUT2D eigenvalue weighted by Gasteiger charge is 1.77. The minimum Gasteiger partial charge on any atom is -0.269 e. The average Bonchev–Trinajstić information content (AvgIpc) is 1.68. The standard InChI is InChI=1S/C4H5N3/c1-4(3-5)7-6-2/h7H,1-2H2. The molecule has 0 unspecified atom stereocenters. The van der Waals surface area contributed by atoms with Crippen LogP contribution in [0.1, 0.15) is 0 Å². The van der Waals surface area contributed by atoms with Crippen LogP contribution in [0.4, 0.5) is 0 Å². The molecule has 0 rings (SSSR count). The van der Waals surface area contributed by atoms with Crippen molar-refractivity contribution >= 4 is 6.72 Å². The normalized spacial score (nSPS) is 6.14. The number of allylic oxidation sites excluding steroid dienone is 1.